The molecule has 0 spiro atoms. The molecule has 150 valence electrons. The molecule has 1 aromatic rings. The number of carbonyl (C=O) groups excluding carboxylic acids is 1. The molecule has 0 bridgehead atoms. The van der Waals surface area contributed by atoms with Crippen LogP contribution in [-0.2, 0) is 19.7 Å². The molecule has 1 atom stereocenters. The third-order valence-corrected chi connectivity index (χ3v) is 6.42. The first-order chi connectivity index (χ1) is 12.6. The van der Waals surface area contributed by atoms with Gasteiger partial charge in [0.25, 0.3) is 0 Å². The van der Waals surface area contributed by atoms with Crippen molar-refractivity contribution >= 4 is 15.8 Å². The first kappa shape index (κ1) is 21.6. The number of hydroxylamine groups is 1. The number of nitrogens with one attached hydrogen (secondary N) is 1. The van der Waals surface area contributed by atoms with Crippen LogP contribution in [0, 0.1) is 20.8 Å². The maximum Gasteiger partial charge on any atom is 0.238 e. The van der Waals surface area contributed by atoms with Crippen molar-refractivity contribution in [2.24, 2.45) is 5.14 Å². The normalized spacial score (nSPS) is 19.9. The molecule has 1 aliphatic rings. The van der Waals surface area contributed by atoms with Gasteiger partial charge in [-0.25, -0.2) is 13.6 Å². The van der Waals surface area contributed by atoms with Gasteiger partial charge in [-0.05, 0) is 75.1 Å². The van der Waals surface area contributed by atoms with E-state index in [-0.39, 0.29) is 16.6 Å². The summed E-state index contributed by atoms with van der Waals surface area (Å²) in [4.78, 5) is 18.3. The van der Waals surface area contributed by atoms with E-state index in [2.05, 4.69) is 5.48 Å². The molecule has 7 heteroatoms. The van der Waals surface area contributed by atoms with Crippen LogP contribution >= 0.6 is 0 Å². The zero-order chi connectivity index (χ0) is 20.4. The highest BCUT2D eigenvalue weighted by Gasteiger charge is 2.31. The van der Waals surface area contributed by atoms with Gasteiger partial charge in [-0.2, -0.15) is 0 Å². The Morgan fingerprint density at radius 3 is 2.44 bits per heavy atom. The fourth-order valence-corrected chi connectivity index (χ4v) is 5.27. The average molecular weight is 395 g/mol. The van der Waals surface area contributed by atoms with Crippen LogP contribution in [0.1, 0.15) is 67.7 Å². The van der Waals surface area contributed by atoms with Crippen molar-refractivity contribution < 1.29 is 18.0 Å². The Kier molecular flexibility index (Phi) is 6.83. The van der Waals surface area contributed by atoms with E-state index in [9.17, 15) is 13.2 Å². The van der Waals surface area contributed by atoms with Crippen molar-refractivity contribution in [1.29, 1.82) is 0 Å². The molecule has 2 rings (SSSR count). The van der Waals surface area contributed by atoms with Crippen LogP contribution in [-0.4, -0.2) is 20.8 Å². The summed E-state index contributed by atoms with van der Waals surface area (Å²) in [5, 5.41) is 5.44. The maximum absolute atomic E-state index is 12.8. The van der Waals surface area contributed by atoms with Crippen molar-refractivity contribution in [1.82, 2.24) is 5.48 Å². The van der Waals surface area contributed by atoms with Gasteiger partial charge in [0.05, 0.1) is 11.5 Å². The summed E-state index contributed by atoms with van der Waals surface area (Å²) in [6, 6.07) is 1.85. The minimum atomic E-state index is -3.81. The Morgan fingerprint density at radius 1 is 1.26 bits per heavy atom. The number of hydrogen-bond acceptors (Lipinski definition) is 5. The molecule has 0 heterocycles. The number of ketones is 1. The smallest absolute Gasteiger partial charge is 0.238 e. The topological polar surface area (TPSA) is 98.5 Å². The van der Waals surface area contributed by atoms with Gasteiger partial charge >= 0.3 is 0 Å². The molecule has 0 amide bonds. The second kappa shape index (κ2) is 8.54. The van der Waals surface area contributed by atoms with Gasteiger partial charge in [-0.3, -0.25) is 15.1 Å². The number of Topliss-reactive ketones (excluding diaryl/α,β-unsaturated/α-hetero) is 1. The van der Waals surface area contributed by atoms with E-state index in [1.54, 1.807) is 13.8 Å². The number of rotatable bonds is 6. The summed E-state index contributed by atoms with van der Waals surface area (Å²) >= 11 is 0. The summed E-state index contributed by atoms with van der Waals surface area (Å²) in [6.45, 7) is 9.90. The number of sulfonamides is 1. The van der Waals surface area contributed by atoms with Gasteiger partial charge in [0.1, 0.15) is 0 Å². The molecule has 3 N–H and O–H groups in total. The largest absolute Gasteiger partial charge is 0.294 e. The lowest BCUT2D eigenvalue weighted by Crippen LogP contribution is -2.25. The minimum absolute atomic E-state index is 0.00690. The molecule has 6 nitrogen and oxygen atoms in total. The van der Waals surface area contributed by atoms with Gasteiger partial charge in [-0.1, -0.05) is 13.0 Å². The first-order valence-corrected chi connectivity index (χ1v) is 10.9. The summed E-state index contributed by atoms with van der Waals surface area (Å²) in [7, 11) is -3.81. The molecular formula is C20H30N2O4S. The average Bonchev–Trinajstić information content (AvgIpc) is 2.55. The number of carbonyl (C=O) groups is 1. The van der Waals surface area contributed by atoms with Crippen molar-refractivity contribution in [2.45, 2.75) is 71.1 Å². The number of benzene rings is 1. The monoisotopic (exact) mass is 394 g/mol. The molecule has 1 fully saturated rings. The lowest BCUT2D eigenvalue weighted by molar-refractivity contribution is -0.117. The van der Waals surface area contributed by atoms with Crippen LogP contribution in [0.5, 0.6) is 0 Å². The fourth-order valence-electron chi connectivity index (χ4n) is 4.23. The Morgan fingerprint density at radius 2 is 1.93 bits per heavy atom. The molecule has 1 aromatic carbocycles. The SMILES string of the molecule is CCONC(CC)=C1CCC(c2c(C)cc(C)c(S(N)(=O)=O)c2C)CC1=O. The standard InChI is InChI=1S/C20H30N2O4S/c1-6-17(22-26-7-2)16-9-8-15(11-18(16)23)19-12(3)10-13(4)20(14(19)5)27(21,24)25/h10,15,22H,6-9,11H2,1-5H3,(H2,21,24,25). The molecule has 0 aromatic heterocycles. The van der Waals surface area contributed by atoms with Crippen LogP contribution in [0.15, 0.2) is 22.2 Å². The zero-order valence-electron chi connectivity index (χ0n) is 16.8. The molecule has 27 heavy (non-hydrogen) atoms. The van der Waals surface area contributed by atoms with E-state index in [1.807, 2.05) is 26.8 Å². The summed E-state index contributed by atoms with van der Waals surface area (Å²) in [5.74, 6) is 0.0828. The van der Waals surface area contributed by atoms with E-state index in [1.165, 1.54) is 0 Å². The van der Waals surface area contributed by atoms with Crippen molar-refractivity contribution in [3.05, 3.63) is 39.6 Å². The van der Waals surface area contributed by atoms with Crippen LogP contribution in [0.25, 0.3) is 0 Å². The lowest BCUT2D eigenvalue weighted by atomic mass is 9.77. The number of allylic oxidation sites excluding steroid dienone is 2. The number of hydrogen-bond donors (Lipinski definition) is 2. The number of nitrogens with two attached hydrogens (primary N) is 1. The highest BCUT2D eigenvalue weighted by atomic mass is 32.2. The number of aryl methyl sites for hydroxylation is 2. The summed E-state index contributed by atoms with van der Waals surface area (Å²) in [6.07, 6.45) is 2.49. The third kappa shape index (κ3) is 4.59. The third-order valence-electron chi connectivity index (χ3n) is 5.22. The predicted molar refractivity (Wildman–Crippen MR) is 106 cm³/mol. The number of primary sulfonamides is 1. The quantitative estimate of drug-likeness (QED) is 0.570. The van der Waals surface area contributed by atoms with Gasteiger partial charge in [0, 0.05) is 17.7 Å². The van der Waals surface area contributed by atoms with E-state index >= 15 is 0 Å². The van der Waals surface area contributed by atoms with E-state index in [0.717, 1.165) is 28.8 Å². The van der Waals surface area contributed by atoms with E-state index in [4.69, 9.17) is 9.98 Å². The molecule has 0 aliphatic heterocycles. The van der Waals surface area contributed by atoms with Gasteiger partial charge in [-0.15, -0.1) is 0 Å². The zero-order valence-corrected chi connectivity index (χ0v) is 17.6. The predicted octanol–water partition coefficient (Wildman–Crippen LogP) is 3.30. The van der Waals surface area contributed by atoms with Crippen LogP contribution in [0.3, 0.4) is 0 Å². The van der Waals surface area contributed by atoms with Gasteiger partial charge in [0.2, 0.25) is 10.0 Å². The van der Waals surface area contributed by atoms with E-state index < -0.39 is 10.0 Å². The maximum atomic E-state index is 12.8. The van der Waals surface area contributed by atoms with Crippen molar-refractivity contribution in [3.63, 3.8) is 0 Å². The second-order valence-electron chi connectivity index (χ2n) is 7.13. The summed E-state index contributed by atoms with van der Waals surface area (Å²) < 4.78 is 24.1. The van der Waals surface area contributed by atoms with Gasteiger partial charge < -0.3 is 0 Å². The van der Waals surface area contributed by atoms with Crippen molar-refractivity contribution in [3.8, 4) is 0 Å². The van der Waals surface area contributed by atoms with Crippen LogP contribution < -0.4 is 10.6 Å². The highest BCUT2D eigenvalue weighted by Crippen LogP contribution is 2.39. The molecule has 1 saturated carbocycles. The van der Waals surface area contributed by atoms with Crippen LogP contribution in [0.2, 0.25) is 0 Å². The Labute approximate surface area is 162 Å². The first-order valence-electron chi connectivity index (χ1n) is 9.38. The molecule has 1 aliphatic carbocycles. The Hall–Kier alpha value is -1.70. The second-order valence-corrected chi connectivity index (χ2v) is 8.63. The molecule has 0 saturated heterocycles. The van der Waals surface area contributed by atoms with Crippen LogP contribution in [0.4, 0.5) is 0 Å². The molecular weight excluding hydrogens is 364 g/mol. The van der Waals surface area contributed by atoms with Crippen molar-refractivity contribution in [2.75, 3.05) is 6.61 Å². The Balaban J connectivity index is 2.41. The summed E-state index contributed by atoms with van der Waals surface area (Å²) in [5.41, 5.74) is 7.78. The molecule has 1 unspecified atom stereocenters. The molecule has 0 radical (unpaired) electrons. The van der Waals surface area contributed by atoms with Gasteiger partial charge in [0.15, 0.2) is 5.78 Å². The Bertz CT molecular complexity index is 872. The van der Waals surface area contributed by atoms with E-state index in [0.29, 0.717) is 37.0 Å². The lowest BCUT2D eigenvalue weighted by Gasteiger charge is -2.29. The fraction of sp³-hybridized carbons (Fsp3) is 0.550. The highest BCUT2D eigenvalue weighted by molar-refractivity contribution is 7.89. The minimum Gasteiger partial charge on any atom is -0.294 e.